The molecule has 10 nitrogen and oxygen atoms in total. The maximum absolute atomic E-state index is 13.2. The average Bonchev–Trinajstić information content (AvgIpc) is 3.31. The van der Waals surface area contributed by atoms with Crippen LogP contribution < -0.4 is 21.5 Å². The summed E-state index contributed by atoms with van der Waals surface area (Å²) in [5.74, 6) is 0.464. The van der Waals surface area contributed by atoms with Gasteiger partial charge in [-0.05, 0) is 44.7 Å². The van der Waals surface area contributed by atoms with E-state index in [1.807, 2.05) is 0 Å². The minimum Gasteiger partial charge on any atom is -0.390 e. The van der Waals surface area contributed by atoms with E-state index in [1.165, 1.54) is 10.7 Å². The molecular weight excluding hydrogens is 441 g/mol. The van der Waals surface area contributed by atoms with Crippen LogP contribution in [0.3, 0.4) is 0 Å². The third-order valence-corrected chi connectivity index (χ3v) is 6.56. The van der Waals surface area contributed by atoms with Crippen molar-refractivity contribution in [2.24, 2.45) is 0 Å². The summed E-state index contributed by atoms with van der Waals surface area (Å²) in [6.45, 7) is 1.81. The zero-order chi connectivity index (χ0) is 24.0. The summed E-state index contributed by atoms with van der Waals surface area (Å²) in [7, 11) is 1.71. The van der Waals surface area contributed by atoms with Crippen LogP contribution in [0, 0.1) is 0 Å². The first-order valence-electron chi connectivity index (χ1n) is 11.5. The van der Waals surface area contributed by atoms with E-state index in [1.54, 1.807) is 42.9 Å². The van der Waals surface area contributed by atoms with Gasteiger partial charge in [0, 0.05) is 31.8 Å². The first-order chi connectivity index (χ1) is 16.3. The van der Waals surface area contributed by atoms with Crippen LogP contribution >= 0.6 is 0 Å². The van der Waals surface area contributed by atoms with Crippen molar-refractivity contribution in [3.63, 3.8) is 0 Å². The molecule has 0 saturated heterocycles. The first kappa shape index (κ1) is 22.3. The Kier molecular flexibility index (Phi) is 5.51. The van der Waals surface area contributed by atoms with Gasteiger partial charge in [0.15, 0.2) is 5.65 Å². The van der Waals surface area contributed by atoms with Crippen LogP contribution in [0.4, 0.5) is 21.7 Å². The van der Waals surface area contributed by atoms with Gasteiger partial charge >= 0.3 is 0 Å². The highest BCUT2D eigenvalue weighted by molar-refractivity contribution is 6.00. The van der Waals surface area contributed by atoms with Crippen LogP contribution in [0.5, 0.6) is 0 Å². The predicted molar refractivity (Wildman–Crippen MR) is 125 cm³/mol. The number of alkyl halides is 1. The number of fused-ring (bicyclic) bond motifs is 1. The lowest BCUT2D eigenvalue weighted by Gasteiger charge is -2.34. The molecule has 180 valence electrons. The van der Waals surface area contributed by atoms with Gasteiger partial charge in [-0.2, -0.15) is 9.61 Å². The number of anilines is 3. The van der Waals surface area contributed by atoms with Crippen molar-refractivity contribution in [2.75, 3.05) is 17.7 Å². The van der Waals surface area contributed by atoms with Gasteiger partial charge in [0.1, 0.15) is 29.1 Å². The van der Waals surface area contributed by atoms with Gasteiger partial charge in [0.25, 0.3) is 11.5 Å². The van der Waals surface area contributed by atoms with E-state index < -0.39 is 23.7 Å². The molecule has 0 unspecified atom stereocenters. The number of pyridine rings is 1. The van der Waals surface area contributed by atoms with Crippen molar-refractivity contribution < 1.29 is 14.3 Å². The largest absolute Gasteiger partial charge is 0.390 e. The summed E-state index contributed by atoms with van der Waals surface area (Å²) >= 11 is 0. The van der Waals surface area contributed by atoms with E-state index in [-0.39, 0.29) is 22.8 Å². The third-order valence-electron chi connectivity index (χ3n) is 6.56. The van der Waals surface area contributed by atoms with Crippen molar-refractivity contribution in [1.82, 2.24) is 24.5 Å². The summed E-state index contributed by atoms with van der Waals surface area (Å²) in [5, 5.41) is 23.4. The van der Waals surface area contributed by atoms with E-state index in [9.17, 15) is 19.1 Å². The number of amides is 1. The number of hydrogen-bond donors (Lipinski definition) is 4. The Morgan fingerprint density at radius 2 is 2.18 bits per heavy atom. The Labute approximate surface area is 195 Å². The predicted octanol–water partition coefficient (Wildman–Crippen LogP) is 2.38. The summed E-state index contributed by atoms with van der Waals surface area (Å²) in [6, 6.07) is 4.57. The lowest BCUT2D eigenvalue weighted by atomic mass is 9.83. The number of carbonyl (C=O) groups is 1. The monoisotopic (exact) mass is 469 g/mol. The Morgan fingerprint density at radius 1 is 1.38 bits per heavy atom. The SMILES string of the molecule is CNc1cc(Nc2cccn([C@H]3CCC[C@@](C)(O)C3)c2=O)nc2c(C(=O)N[C@@H]3C[C@@H]3F)cnn12. The quantitative estimate of drug-likeness (QED) is 0.437. The number of carbonyl (C=O) groups excluding carboxylic acids is 1. The lowest BCUT2D eigenvalue weighted by Crippen LogP contribution is -2.36. The highest BCUT2D eigenvalue weighted by atomic mass is 19.1. The van der Waals surface area contributed by atoms with Crippen LogP contribution in [-0.4, -0.2) is 55.0 Å². The Bertz CT molecular complexity index is 1300. The lowest BCUT2D eigenvalue weighted by molar-refractivity contribution is 0.00334. The molecule has 4 atom stereocenters. The number of rotatable bonds is 6. The smallest absolute Gasteiger partial charge is 0.274 e. The fourth-order valence-electron chi connectivity index (χ4n) is 4.62. The number of halogens is 1. The molecule has 3 heterocycles. The van der Waals surface area contributed by atoms with Gasteiger partial charge in [0.2, 0.25) is 0 Å². The highest BCUT2D eigenvalue weighted by Crippen LogP contribution is 2.34. The molecule has 3 aromatic heterocycles. The molecule has 1 amide bonds. The number of hydrogen-bond acceptors (Lipinski definition) is 7. The second kappa shape index (κ2) is 8.39. The molecule has 2 aliphatic rings. The molecule has 0 spiro atoms. The number of nitrogens with one attached hydrogen (secondary N) is 3. The molecular formula is C23H28FN7O3. The van der Waals surface area contributed by atoms with Crippen LogP contribution in [0.2, 0.25) is 0 Å². The molecule has 11 heteroatoms. The van der Waals surface area contributed by atoms with Gasteiger partial charge in [-0.15, -0.1) is 0 Å². The second-order valence-electron chi connectivity index (χ2n) is 9.41. The summed E-state index contributed by atoms with van der Waals surface area (Å²) in [6.07, 6.45) is 5.33. The van der Waals surface area contributed by atoms with Crippen LogP contribution in [0.25, 0.3) is 5.65 Å². The van der Waals surface area contributed by atoms with Crippen LogP contribution in [0.1, 0.15) is 55.4 Å². The molecule has 5 rings (SSSR count). The molecule has 2 fully saturated rings. The minimum absolute atomic E-state index is 0.0896. The van der Waals surface area contributed by atoms with Crippen molar-refractivity contribution in [3.05, 3.63) is 46.5 Å². The van der Waals surface area contributed by atoms with Gasteiger partial charge in [-0.3, -0.25) is 9.59 Å². The van der Waals surface area contributed by atoms with Crippen molar-refractivity contribution in [3.8, 4) is 0 Å². The molecule has 0 radical (unpaired) electrons. The fourth-order valence-corrected chi connectivity index (χ4v) is 4.62. The molecule has 34 heavy (non-hydrogen) atoms. The van der Waals surface area contributed by atoms with Crippen molar-refractivity contribution >= 4 is 28.9 Å². The zero-order valence-corrected chi connectivity index (χ0v) is 19.1. The first-order valence-corrected chi connectivity index (χ1v) is 11.5. The maximum atomic E-state index is 13.2. The van der Waals surface area contributed by atoms with Crippen molar-refractivity contribution in [1.29, 1.82) is 0 Å². The van der Waals surface area contributed by atoms with Gasteiger partial charge in [-0.1, -0.05) is 0 Å². The molecule has 0 aliphatic heterocycles. The van der Waals surface area contributed by atoms with Gasteiger partial charge in [-0.25, -0.2) is 9.37 Å². The second-order valence-corrected chi connectivity index (χ2v) is 9.41. The van der Waals surface area contributed by atoms with Crippen LogP contribution in [0.15, 0.2) is 35.4 Å². The van der Waals surface area contributed by atoms with Gasteiger partial charge < -0.3 is 25.6 Å². The molecule has 3 aromatic rings. The molecule has 4 N–H and O–H groups in total. The summed E-state index contributed by atoms with van der Waals surface area (Å²) in [5.41, 5.74) is -0.180. The minimum atomic E-state index is -1.02. The van der Waals surface area contributed by atoms with E-state index in [2.05, 4.69) is 26.0 Å². The van der Waals surface area contributed by atoms with Gasteiger partial charge in [0.05, 0.1) is 17.8 Å². The van der Waals surface area contributed by atoms with Crippen LogP contribution in [-0.2, 0) is 0 Å². The maximum Gasteiger partial charge on any atom is 0.274 e. The average molecular weight is 470 g/mol. The molecule has 0 bridgehead atoms. The third kappa shape index (κ3) is 4.23. The Morgan fingerprint density at radius 3 is 2.88 bits per heavy atom. The van der Waals surface area contributed by atoms with E-state index in [0.717, 1.165) is 19.3 Å². The normalized spacial score (nSPS) is 26.3. The number of nitrogens with zero attached hydrogens (tertiary/aromatic N) is 4. The van der Waals surface area contributed by atoms with Crippen molar-refractivity contribution in [2.45, 2.75) is 62.9 Å². The Hall–Kier alpha value is -3.47. The van der Waals surface area contributed by atoms with E-state index in [0.29, 0.717) is 30.2 Å². The standard InChI is InChI=1S/C23H28FN7O3/c1-23(34)7-3-5-13(11-23)30-8-4-6-16(22(30)33)27-18-10-19(25-2)31-20(29-18)14(12-26-31)21(32)28-17-9-15(17)24/h4,6,8,10,12-13,15,17,25,34H,3,5,7,9,11H2,1-2H3,(H,27,29)(H,28,32)/t13-,15-,17+,23+/m0/s1. The summed E-state index contributed by atoms with van der Waals surface area (Å²) in [4.78, 5) is 30.4. The zero-order valence-electron chi connectivity index (χ0n) is 19.1. The molecule has 0 aromatic carbocycles. The fraction of sp³-hybridized carbons (Fsp3) is 0.478. The summed E-state index contributed by atoms with van der Waals surface area (Å²) < 4.78 is 16.4. The highest BCUT2D eigenvalue weighted by Gasteiger charge is 2.39. The molecule has 2 saturated carbocycles. The number of aliphatic hydroxyl groups is 1. The Balaban J connectivity index is 1.46. The molecule has 2 aliphatic carbocycles. The number of aromatic nitrogens is 4. The topological polar surface area (TPSA) is 126 Å². The van der Waals surface area contributed by atoms with E-state index in [4.69, 9.17) is 0 Å². The van der Waals surface area contributed by atoms with E-state index >= 15 is 0 Å².